The number of aromatic nitrogens is 2. The number of carbonyl (C=O) groups excluding carboxylic acids is 3. The summed E-state index contributed by atoms with van der Waals surface area (Å²) >= 11 is 0. The molecule has 2 aromatic heterocycles. The van der Waals surface area contributed by atoms with E-state index in [1.165, 1.54) is 11.1 Å². The Morgan fingerprint density at radius 3 is 2.95 bits per heavy atom. The van der Waals surface area contributed by atoms with Crippen LogP contribution < -0.4 is 15.5 Å². The van der Waals surface area contributed by atoms with Gasteiger partial charge >= 0.3 is 6.03 Å². The van der Waals surface area contributed by atoms with E-state index in [0.717, 1.165) is 5.56 Å². The molecule has 0 unspecified atom stereocenters. The standard InChI is InChI=1S/C26H31N7O5/c1-32(25(35)18-5-8-38-16-18)14-19-10-17-4-3-7-33(24(17)30-22(19)15-34)26(36)31-23-11-21(28-6-9-37-2)20(12-27)13-29-23/h10-11,13,15,18H,3-9,14,16H2,1-2H3,(H2,28,29,31,36)/t18-/m1/s1. The third kappa shape index (κ3) is 6.07. The van der Waals surface area contributed by atoms with E-state index in [1.54, 1.807) is 25.1 Å². The van der Waals surface area contributed by atoms with Gasteiger partial charge < -0.3 is 19.7 Å². The number of urea groups is 1. The van der Waals surface area contributed by atoms with Crippen LogP contribution in [0.3, 0.4) is 0 Å². The average molecular weight is 522 g/mol. The lowest BCUT2D eigenvalue weighted by atomic mass is 10.0. The van der Waals surface area contributed by atoms with E-state index in [4.69, 9.17) is 9.47 Å². The number of methoxy groups -OCH3 is 1. The second-order valence-electron chi connectivity index (χ2n) is 9.22. The Kier molecular flexibility index (Phi) is 8.83. The van der Waals surface area contributed by atoms with E-state index < -0.39 is 6.03 Å². The Morgan fingerprint density at radius 1 is 1.39 bits per heavy atom. The molecule has 4 heterocycles. The second kappa shape index (κ2) is 12.4. The maximum absolute atomic E-state index is 13.2. The lowest BCUT2D eigenvalue weighted by Gasteiger charge is -2.29. The van der Waals surface area contributed by atoms with E-state index in [1.807, 2.05) is 6.07 Å². The molecular formula is C26H31N7O5. The summed E-state index contributed by atoms with van der Waals surface area (Å²) in [4.78, 5) is 49.7. The molecule has 0 saturated carbocycles. The van der Waals surface area contributed by atoms with Crippen LogP contribution in [0.1, 0.15) is 40.0 Å². The van der Waals surface area contributed by atoms with Gasteiger partial charge in [0.05, 0.1) is 30.4 Å². The zero-order valence-corrected chi connectivity index (χ0v) is 21.5. The molecule has 0 radical (unpaired) electrons. The lowest BCUT2D eigenvalue weighted by Crippen LogP contribution is -2.40. The van der Waals surface area contributed by atoms with Gasteiger partial charge in [-0.3, -0.25) is 19.8 Å². The molecule has 4 rings (SSSR count). The van der Waals surface area contributed by atoms with E-state index in [0.29, 0.717) is 81.1 Å². The second-order valence-corrected chi connectivity index (χ2v) is 9.22. The number of anilines is 3. The fraction of sp³-hybridized carbons (Fsp3) is 0.462. The molecule has 12 heteroatoms. The first-order valence-electron chi connectivity index (χ1n) is 12.5. The molecule has 1 saturated heterocycles. The number of fused-ring (bicyclic) bond motifs is 1. The fourth-order valence-electron chi connectivity index (χ4n) is 4.58. The van der Waals surface area contributed by atoms with Crippen LogP contribution in [0.4, 0.5) is 22.1 Å². The third-order valence-electron chi connectivity index (χ3n) is 6.58. The van der Waals surface area contributed by atoms with E-state index in [2.05, 4.69) is 26.7 Å². The minimum Gasteiger partial charge on any atom is -0.383 e. The Bertz CT molecular complexity index is 1240. The number of aryl methyl sites for hydroxylation is 1. The number of nitriles is 1. The van der Waals surface area contributed by atoms with Crippen molar-refractivity contribution >= 4 is 35.5 Å². The summed E-state index contributed by atoms with van der Waals surface area (Å²) < 4.78 is 10.4. The maximum atomic E-state index is 13.2. The zero-order valence-electron chi connectivity index (χ0n) is 21.5. The number of pyridine rings is 2. The topological polar surface area (TPSA) is 150 Å². The quantitative estimate of drug-likeness (QED) is 0.374. The summed E-state index contributed by atoms with van der Waals surface area (Å²) in [5.74, 6) is 0.481. The molecule has 1 atom stereocenters. The predicted molar refractivity (Wildman–Crippen MR) is 139 cm³/mol. The molecule has 2 aromatic rings. The van der Waals surface area contributed by atoms with Crippen molar-refractivity contribution in [3.8, 4) is 6.07 Å². The highest BCUT2D eigenvalue weighted by molar-refractivity contribution is 6.01. The molecule has 2 N–H and O–H groups in total. The van der Waals surface area contributed by atoms with Crippen LogP contribution >= 0.6 is 0 Å². The molecule has 2 aliphatic heterocycles. The summed E-state index contributed by atoms with van der Waals surface area (Å²) in [6, 6.07) is 5.07. The van der Waals surface area contributed by atoms with Crippen LogP contribution in [-0.4, -0.2) is 80.2 Å². The summed E-state index contributed by atoms with van der Waals surface area (Å²) in [5, 5.41) is 15.2. The summed E-state index contributed by atoms with van der Waals surface area (Å²) in [7, 11) is 3.29. The maximum Gasteiger partial charge on any atom is 0.328 e. The van der Waals surface area contributed by atoms with Gasteiger partial charge in [0, 0.05) is 58.2 Å². The highest BCUT2D eigenvalue weighted by Crippen LogP contribution is 2.29. The monoisotopic (exact) mass is 521 g/mol. The van der Waals surface area contributed by atoms with E-state index in [9.17, 15) is 19.6 Å². The minimum absolute atomic E-state index is 0.0240. The fourth-order valence-corrected chi connectivity index (χ4v) is 4.58. The van der Waals surface area contributed by atoms with Crippen LogP contribution in [-0.2, 0) is 27.2 Å². The molecule has 1 fully saturated rings. The molecule has 0 spiro atoms. The van der Waals surface area contributed by atoms with Crippen molar-refractivity contribution in [3.63, 3.8) is 0 Å². The van der Waals surface area contributed by atoms with Crippen molar-refractivity contribution in [2.75, 3.05) is 62.6 Å². The average Bonchev–Trinajstić information content (AvgIpc) is 3.47. The number of amides is 3. The number of nitrogens with one attached hydrogen (secondary N) is 2. The van der Waals surface area contributed by atoms with Gasteiger partial charge in [0.2, 0.25) is 5.91 Å². The zero-order chi connectivity index (χ0) is 27.1. The highest BCUT2D eigenvalue weighted by atomic mass is 16.5. The third-order valence-corrected chi connectivity index (χ3v) is 6.58. The molecule has 12 nitrogen and oxygen atoms in total. The predicted octanol–water partition coefficient (Wildman–Crippen LogP) is 2.20. The number of hydrogen-bond acceptors (Lipinski definition) is 9. The minimum atomic E-state index is -0.448. The molecule has 38 heavy (non-hydrogen) atoms. The van der Waals surface area contributed by atoms with Crippen molar-refractivity contribution in [2.45, 2.75) is 25.8 Å². The van der Waals surface area contributed by atoms with E-state index >= 15 is 0 Å². The van der Waals surface area contributed by atoms with Crippen molar-refractivity contribution in [1.82, 2.24) is 14.9 Å². The van der Waals surface area contributed by atoms with Gasteiger partial charge in [-0.1, -0.05) is 0 Å². The molecule has 3 amide bonds. The SMILES string of the molecule is COCCNc1cc(NC(=O)N2CCCc3cc(CN(C)C(=O)[C@@H]4CCOC4)c(C=O)nc32)ncc1C#N. The normalized spacial score (nSPS) is 16.3. The number of rotatable bonds is 9. The van der Waals surface area contributed by atoms with Gasteiger partial charge in [-0.2, -0.15) is 5.26 Å². The largest absolute Gasteiger partial charge is 0.383 e. The van der Waals surface area contributed by atoms with Crippen LogP contribution in [0.15, 0.2) is 18.3 Å². The van der Waals surface area contributed by atoms with Crippen molar-refractivity contribution in [3.05, 3.63) is 40.7 Å². The first kappa shape index (κ1) is 27.0. The Balaban J connectivity index is 1.51. The summed E-state index contributed by atoms with van der Waals surface area (Å²) in [6.45, 7) is 2.58. The molecular weight excluding hydrogens is 490 g/mol. The lowest BCUT2D eigenvalue weighted by molar-refractivity contribution is -0.134. The molecule has 2 aliphatic rings. The van der Waals surface area contributed by atoms with Crippen LogP contribution in [0.25, 0.3) is 0 Å². The Labute approximate surface area is 220 Å². The Hall–Kier alpha value is -4.08. The first-order valence-corrected chi connectivity index (χ1v) is 12.5. The molecule has 0 aliphatic carbocycles. The highest BCUT2D eigenvalue weighted by Gasteiger charge is 2.29. The summed E-state index contributed by atoms with van der Waals surface area (Å²) in [5.41, 5.74) is 2.52. The van der Waals surface area contributed by atoms with Crippen LogP contribution in [0.5, 0.6) is 0 Å². The van der Waals surface area contributed by atoms with Crippen LogP contribution in [0, 0.1) is 17.2 Å². The van der Waals surface area contributed by atoms with Gasteiger partial charge in [-0.05, 0) is 30.9 Å². The van der Waals surface area contributed by atoms with Crippen molar-refractivity contribution in [1.29, 1.82) is 5.26 Å². The first-order chi connectivity index (χ1) is 18.4. The van der Waals surface area contributed by atoms with Crippen LogP contribution in [0.2, 0.25) is 0 Å². The van der Waals surface area contributed by atoms with Gasteiger partial charge in [-0.25, -0.2) is 14.8 Å². The number of ether oxygens (including phenoxy) is 2. The smallest absolute Gasteiger partial charge is 0.328 e. The molecule has 200 valence electrons. The van der Waals surface area contributed by atoms with Gasteiger partial charge in [0.25, 0.3) is 0 Å². The molecule has 0 aromatic carbocycles. The van der Waals surface area contributed by atoms with Crippen molar-refractivity contribution in [2.24, 2.45) is 5.92 Å². The van der Waals surface area contributed by atoms with Gasteiger partial charge in [0.15, 0.2) is 6.29 Å². The number of carbonyl (C=O) groups is 3. The van der Waals surface area contributed by atoms with Gasteiger partial charge in [0.1, 0.15) is 23.4 Å². The Morgan fingerprint density at radius 2 is 2.24 bits per heavy atom. The number of aldehydes is 1. The summed E-state index contributed by atoms with van der Waals surface area (Å²) in [6.07, 6.45) is 4.13. The van der Waals surface area contributed by atoms with E-state index in [-0.39, 0.29) is 29.9 Å². The van der Waals surface area contributed by atoms with Crippen molar-refractivity contribution < 1.29 is 23.9 Å². The molecule has 0 bridgehead atoms. The number of hydrogen-bond donors (Lipinski definition) is 2. The number of nitrogens with zero attached hydrogens (tertiary/aromatic N) is 5. The van der Waals surface area contributed by atoms with Gasteiger partial charge in [-0.15, -0.1) is 0 Å².